The molecule has 1 saturated carbocycles. The second kappa shape index (κ2) is 3.78. The second-order valence-corrected chi connectivity index (χ2v) is 5.72. The largest absolute Gasteiger partial charge is 0.386 e. The topological polar surface area (TPSA) is 53.4 Å². The fourth-order valence-corrected chi connectivity index (χ4v) is 2.56. The minimum atomic E-state index is -0.613. The molecule has 2 heterocycles. The average molecular weight is 297 g/mol. The fourth-order valence-electron chi connectivity index (χ4n) is 2.32. The van der Waals surface area contributed by atoms with Crippen molar-refractivity contribution in [2.45, 2.75) is 18.4 Å². The minimum Gasteiger partial charge on any atom is -0.386 e. The van der Waals surface area contributed by atoms with E-state index in [9.17, 15) is 9.90 Å². The van der Waals surface area contributed by atoms with Gasteiger partial charge in [-0.1, -0.05) is 0 Å². The van der Waals surface area contributed by atoms with Crippen LogP contribution >= 0.6 is 15.9 Å². The normalized spacial score (nSPS) is 22.1. The molecule has 2 fully saturated rings. The molecule has 0 aromatic carbocycles. The fraction of sp³-hybridized carbons (Fsp3) is 0.500. The number of pyridine rings is 1. The van der Waals surface area contributed by atoms with Crippen LogP contribution in [0.5, 0.6) is 0 Å². The van der Waals surface area contributed by atoms with Crippen molar-refractivity contribution in [3.8, 4) is 0 Å². The average Bonchev–Trinajstić information content (AvgIpc) is 3.09. The number of carbonyl (C=O) groups excluding carboxylic acids is 1. The Hall–Kier alpha value is -0.940. The van der Waals surface area contributed by atoms with Crippen molar-refractivity contribution in [1.29, 1.82) is 0 Å². The van der Waals surface area contributed by atoms with Crippen LogP contribution in [0.25, 0.3) is 0 Å². The quantitative estimate of drug-likeness (QED) is 0.840. The third-order valence-corrected chi connectivity index (χ3v) is 4.00. The molecule has 0 unspecified atom stereocenters. The third-order valence-electron chi connectivity index (χ3n) is 3.53. The zero-order valence-corrected chi connectivity index (χ0v) is 10.9. The highest BCUT2D eigenvalue weighted by Crippen LogP contribution is 2.44. The van der Waals surface area contributed by atoms with Crippen molar-refractivity contribution in [2.24, 2.45) is 5.92 Å². The Kier molecular flexibility index (Phi) is 2.48. The Bertz CT molecular complexity index is 450. The van der Waals surface area contributed by atoms with Gasteiger partial charge in [-0.25, -0.2) is 4.98 Å². The summed E-state index contributed by atoms with van der Waals surface area (Å²) in [4.78, 5) is 17.7. The van der Waals surface area contributed by atoms with Gasteiger partial charge >= 0.3 is 0 Å². The summed E-state index contributed by atoms with van der Waals surface area (Å²) in [6.07, 6.45) is 3.75. The first-order chi connectivity index (χ1) is 8.08. The molecule has 1 aliphatic heterocycles. The number of hydrogen-bond donors (Lipinski definition) is 1. The third kappa shape index (κ3) is 1.98. The van der Waals surface area contributed by atoms with Crippen LogP contribution in [-0.4, -0.2) is 39.6 Å². The maximum atomic E-state index is 12.0. The van der Waals surface area contributed by atoms with Gasteiger partial charge in [0, 0.05) is 6.20 Å². The van der Waals surface area contributed by atoms with E-state index in [1.807, 2.05) is 0 Å². The lowest BCUT2D eigenvalue weighted by atomic mass is 9.88. The van der Waals surface area contributed by atoms with E-state index in [0.717, 1.165) is 12.8 Å². The molecule has 1 amide bonds. The monoisotopic (exact) mass is 296 g/mol. The van der Waals surface area contributed by atoms with E-state index in [4.69, 9.17) is 0 Å². The van der Waals surface area contributed by atoms with E-state index in [1.54, 1.807) is 23.2 Å². The minimum absolute atomic E-state index is 0.0460. The molecule has 1 aromatic rings. The Balaban J connectivity index is 1.66. The molecule has 0 bridgehead atoms. The highest BCUT2D eigenvalue weighted by Gasteiger charge is 2.53. The summed E-state index contributed by atoms with van der Waals surface area (Å²) in [5, 5.41) is 10.1. The van der Waals surface area contributed by atoms with Crippen molar-refractivity contribution in [3.05, 3.63) is 28.5 Å². The highest BCUT2D eigenvalue weighted by atomic mass is 79.9. The first-order valence-corrected chi connectivity index (χ1v) is 6.51. The van der Waals surface area contributed by atoms with Crippen LogP contribution < -0.4 is 0 Å². The molecule has 1 saturated heterocycles. The maximum absolute atomic E-state index is 12.0. The van der Waals surface area contributed by atoms with Crippen molar-refractivity contribution < 1.29 is 9.90 Å². The van der Waals surface area contributed by atoms with E-state index in [1.165, 1.54) is 0 Å². The lowest BCUT2D eigenvalue weighted by Gasteiger charge is -2.46. The number of hydrogen-bond acceptors (Lipinski definition) is 3. The van der Waals surface area contributed by atoms with E-state index in [-0.39, 0.29) is 5.91 Å². The van der Waals surface area contributed by atoms with Crippen molar-refractivity contribution in [3.63, 3.8) is 0 Å². The van der Waals surface area contributed by atoms with E-state index in [0.29, 0.717) is 29.2 Å². The zero-order chi connectivity index (χ0) is 12.0. The number of likely N-dealkylation sites (tertiary alicyclic amines) is 1. The van der Waals surface area contributed by atoms with Gasteiger partial charge in [-0.2, -0.15) is 0 Å². The van der Waals surface area contributed by atoms with Gasteiger partial charge in [-0.05, 0) is 46.8 Å². The van der Waals surface area contributed by atoms with Gasteiger partial charge in [-0.15, -0.1) is 0 Å². The number of amides is 1. The number of carbonyl (C=O) groups is 1. The lowest BCUT2D eigenvalue weighted by molar-refractivity contribution is -0.0958. The number of β-amino-alcohol motifs (C(OH)–C–C–N with tert-alkyl or cyclic N) is 1. The Morgan fingerprint density at radius 1 is 1.47 bits per heavy atom. The van der Waals surface area contributed by atoms with Gasteiger partial charge in [-0.3, -0.25) is 4.79 Å². The molecule has 1 N–H and O–H groups in total. The smallest absolute Gasteiger partial charge is 0.255 e. The summed E-state index contributed by atoms with van der Waals surface area (Å²) in [7, 11) is 0. The highest BCUT2D eigenvalue weighted by molar-refractivity contribution is 9.10. The number of nitrogens with zero attached hydrogens (tertiary/aromatic N) is 2. The van der Waals surface area contributed by atoms with Gasteiger partial charge < -0.3 is 10.0 Å². The SMILES string of the molecule is O=C(c1ccc(Br)nc1)N1CC(O)(C2CC2)C1. The molecule has 5 heteroatoms. The number of halogens is 1. The molecular formula is C12H13BrN2O2. The van der Waals surface area contributed by atoms with Crippen molar-refractivity contribution >= 4 is 21.8 Å². The first kappa shape index (κ1) is 11.2. The lowest BCUT2D eigenvalue weighted by Crippen LogP contribution is -2.64. The standard InChI is InChI=1S/C12H13BrN2O2/c13-10-4-1-8(5-14-10)11(16)15-6-12(17,7-15)9-2-3-9/h1,4-5,9,17H,2-3,6-7H2. The molecule has 0 atom stereocenters. The van der Waals surface area contributed by atoms with Crippen LogP contribution in [0.4, 0.5) is 0 Å². The van der Waals surface area contributed by atoms with Gasteiger partial charge in [0.1, 0.15) is 10.2 Å². The number of aromatic nitrogens is 1. The summed E-state index contributed by atoms with van der Waals surface area (Å²) in [6, 6.07) is 3.49. The summed E-state index contributed by atoms with van der Waals surface area (Å²) < 4.78 is 0.715. The van der Waals surface area contributed by atoms with Crippen molar-refractivity contribution in [1.82, 2.24) is 9.88 Å². The van der Waals surface area contributed by atoms with E-state index in [2.05, 4.69) is 20.9 Å². The molecule has 0 spiro atoms. The van der Waals surface area contributed by atoms with Gasteiger partial charge in [0.2, 0.25) is 0 Å². The van der Waals surface area contributed by atoms with Crippen LogP contribution in [0.2, 0.25) is 0 Å². The molecule has 2 aliphatic rings. The van der Waals surface area contributed by atoms with Crippen LogP contribution in [0.1, 0.15) is 23.2 Å². The summed E-state index contributed by atoms with van der Waals surface area (Å²) in [6.45, 7) is 0.930. The zero-order valence-electron chi connectivity index (χ0n) is 9.27. The predicted octanol–water partition coefficient (Wildman–Crippen LogP) is 1.44. The van der Waals surface area contributed by atoms with Crippen LogP contribution in [-0.2, 0) is 0 Å². The van der Waals surface area contributed by atoms with E-state index < -0.39 is 5.60 Å². The maximum Gasteiger partial charge on any atom is 0.255 e. The predicted molar refractivity (Wildman–Crippen MR) is 65.5 cm³/mol. The van der Waals surface area contributed by atoms with Gasteiger partial charge in [0.05, 0.1) is 18.7 Å². The van der Waals surface area contributed by atoms with Gasteiger partial charge in [0.15, 0.2) is 0 Å². The number of rotatable bonds is 2. The Morgan fingerprint density at radius 2 is 2.18 bits per heavy atom. The van der Waals surface area contributed by atoms with E-state index >= 15 is 0 Å². The second-order valence-electron chi connectivity index (χ2n) is 4.91. The van der Waals surface area contributed by atoms with Crippen LogP contribution in [0.15, 0.2) is 22.9 Å². The molecule has 4 nitrogen and oxygen atoms in total. The molecule has 1 aliphatic carbocycles. The van der Waals surface area contributed by atoms with Crippen LogP contribution in [0, 0.1) is 5.92 Å². The Labute approximate surface area is 108 Å². The van der Waals surface area contributed by atoms with Crippen LogP contribution in [0.3, 0.4) is 0 Å². The molecular weight excluding hydrogens is 284 g/mol. The summed E-state index contributed by atoms with van der Waals surface area (Å²) in [5.74, 6) is 0.366. The summed E-state index contributed by atoms with van der Waals surface area (Å²) in [5.41, 5.74) is -0.0376. The summed E-state index contributed by atoms with van der Waals surface area (Å²) >= 11 is 3.23. The molecule has 1 aromatic heterocycles. The van der Waals surface area contributed by atoms with Crippen molar-refractivity contribution in [2.75, 3.05) is 13.1 Å². The number of aliphatic hydroxyl groups is 1. The molecule has 17 heavy (non-hydrogen) atoms. The molecule has 90 valence electrons. The van der Waals surface area contributed by atoms with Gasteiger partial charge in [0.25, 0.3) is 5.91 Å². The molecule has 3 rings (SSSR count). The first-order valence-electron chi connectivity index (χ1n) is 5.72. The molecule has 0 radical (unpaired) electrons. The Morgan fingerprint density at radius 3 is 2.71 bits per heavy atom.